The van der Waals surface area contributed by atoms with Gasteiger partial charge in [0.05, 0.1) is 0 Å². The van der Waals surface area contributed by atoms with E-state index >= 15 is 0 Å². The summed E-state index contributed by atoms with van der Waals surface area (Å²) in [7, 11) is 0. The second-order valence-electron chi connectivity index (χ2n) is 5.52. The van der Waals surface area contributed by atoms with Crippen molar-refractivity contribution in [3.8, 4) is 0 Å². The predicted molar refractivity (Wildman–Crippen MR) is 86.8 cm³/mol. The monoisotopic (exact) mass is 337 g/mol. The van der Waals surface area contributed by atoms with Crippen LogP contribution in [0.3, 0.4) is 0 Å². The lowest BCUT2D eigenvalue weighted by Crippen LogP contribution is -2.51. The topological polar surface area (TPSA) is 60.9 Å². The van der Waals surface area contributed by atoms with Gasteiger partial charge in [-0.25, -0.2) is 0 Å². The van der Waals surface area contributed by atoms with Gasteiger partial charge in [-0.3, -0.25) is 14.4 Å². The van der Waals surface area contributed by atoms with Crippen molar-refractivity contribution in [3.63, 3.8) is 0 Å². The van der Waals surface area contributed by atoms with Gasteiger partial charge in [-0.1, -0.05) is 23.7 Å². The molecule has 1 aromatic rings. The average Bonchev–Trinajstić information content (AvgIpc) is 2.56. The number of halogens is 1. The van der Waals surface area contributed by atoms with E-state index in [4.69, 9.17) is 11.6 Å². The number of carbonyl (C=O) groups is 3. The first-order valence-electron chi connectivity index (χ1n) is 7.46. The molecular weight excluding hydrogens is 318 g/mol. The second-order valence-corrected chi connectivity index (χ2v) is 5.96. The molecule has 6 nitrogen and oxygen atoms in total. The zero-order chi connectivity index (χ0) is 16.8. The Morgan fingerprint density at radius 3 is 2.30 bits per heavy atom. The Morgan fingerprint density at radius 1 is 1.17 bits per heavy atom. The van der Waals surface area contributed by atoms with Crippen LogP contribution in [0, 0.1) is 0 Å². The van der Waals surface area contributed by atoms with E-state index < -0.39 is 0 Å². The maximum absolute atomic E-state index is 12.4. The Hall–Kier alpha value is -2.08. The Kier molecular flexibility index (Phi) is 5.98. The molecule has 0 aromatic heterocycles. The summed E-state index contributed by atoms with van der Waals surface area (Å²) in [5, 5.41) is 0.632. The third-order valence-electron chi connectivity index (χ3n) is 3.87. The molecule has 3 amide bonds. The molecule has 0 atom stereocenters. The zero-order valence-electron chi connectivity index (χ0n) is 13.1. The number of piperazine rings is 1. The molecule has 23 heavy (non-hydrogen) atoms. The van der Waals surface area contributed by atoms with Gasteiger partial charge in [-0.05, 0) is 17.7 Å². The standard InChI is InChI=1S/C16H20ClN3O3/c1-13(22)20(10-14-2-4-15(17)5-3-14)11-16(23)19-8-6-18(12-21)7-9-19/h2-5,12H,6-11H2,1H3. The quantitative estimate of drug-likeness (QED) is 0.753. The van der Waals surface area contributed by atoms with E-state index in [9.17, 15) is 14.4 Å². The first-order chi connectivity index (χ1) is 11.0. The van der Waals surface area contributed by atoms with Crippen LogP contribution in [0.5, 0.6) is 0 Å². The van der Waals surface area contributed by atoms with E-state index in [0.29, 0.717) is 37.7 Å². The summed E-state index contributed by atoms with van der Waals surface area (Å²) in [5.41, 5.74) is 0.920. The maximum atomic E-state index is 12.4. The lowest BCUT2D eigenvalue weighted by Gasteiger charge is -2.34. The van der Waals surface area contributed by atoms with Gasteiger partial charge in [0.1, 0.15) is 6.54 Å². The first kappa shape index (κ1) is 17.3. The lowest BCUT2D eigenvalue weighted by atomic mass is 10.2. The fourth-order valence-electron chi connectivity index (χ4n) is 2.43. The van der Waals surface area contributed by atoms with Gasteiger partial charge in [-0.15, -0.1) is 0 Å². The summed E-state index contributed by atoms with van der Waals surface area (Å²) in [6.07, 6.45) is 0.796. The van der Waals surface area contributed by atoms with Gasteiger partial charge < -0.3 is 14.7 Å². The average molecular weight is 338 g/mol. The summed E-state index contributed by atoms with van der Waals surface area (Å²) in [5.74, 6) is -0.250. The molecule has 0 N–H and O–H groups in total. The van der Waals surface area contributed by atoms with E-state index in [1.54, 1.807) is 21.9 Å². The summed E-state index contributed by atoms with van der Waals surface area (Å²) in [6.45, 7) is 3.94. The summed E-state index contributed by atoms with van der Waals surface area (Å²) >= 11 is 5.85. The molecule has 0 spiro atoms. The van der Waals surface area contributed by atoms with Crippen molar-refractivity contribution in [2.24, 2.45) is 0 Å². The molecule has 1 aromatic carbocycles. The van der Waals surface area contributed by atoms with E-state index in [-0.39, 0.29) is 18.4 Å². The molecule has 124 valence electrons. The molecular formula is C16H20ClN3O3. The Morgan fingerprint density at radius 2 is 1.78 bits per heavy atom. The van der Waals surface area contributed by atoms with Crippen LogP contribution in [-0.2, 0) is 20.9 Å². The van der Waals surface area contributed by atoms with Crippen molar-refractivity contribution in [2.75, 3.05) is 32.7 Å². The molecule has 1 aliphatic rings. The van der Waals surface area contributed by atoms with Gasteiger partial charge in [0.15, 0.2) is 0 Å². The van der Waals surface area contributed by atoms with Crippen LogP contribution in [0.15, 0.2) is 24.3 Å². The van der Waals surface area contributed by atoms with Gasteiger partial charge in [-0.2, -0.15) is 0 Å². The van der Waals surface area contributed by atoms with Crippen molar-refractivity contribution in [1.29, 1.82) is 0 Å². The normalized spacial score (nSPS) is 14.5. The van der Waals surface area contributed by atoms with Crippen molar-refractivity contribution in [1.82, 2.24) is 14.7 Å². The minimum atomic E-state index is -0.153. The smallest absolute Gasteiger partial charge is 0.242 e. The number of amides is 3. The van der Waals surface area contributed by atoms with Crippen LogP contribution < -0.4 is 0 Å². The molecule has 0 radical (unpaired) electrons. The van der Waals surface area contributed by atoms with Crippen molar-refractivity contribution in [3.05, 3.63) is 34.9 Å². The third kappa shape index (κ3) is 4.96. The molecule has 0 saturated carbocycles. The SMILES string of the molecule is CC(=O)N(CC(=O)N1CCN(C=O)CC1)Cc1ccc(Cl)cc1. The largest absolute Gasteiger partial charge is 0.342 e. The Labute approximate surface area is 140 Å². The molecule has 2 rings (SSSR count). The fraction of sp³-hybridized carbons (Fsp3) is 0.438. The molecule has 0 unspecified atom stereocenters. The summed E-state index contributed by atoms with van der Waals surface area (Å²) in [6, 6.07) is 7.20. The van der Waals surface area contributed by atoms with E-state index in [1.807, 2.05) is 12.1 Å². The van der Waals surface area contributed by atoms with Gasteiger partial charge in [0.2, 0.25) is 18.2 Å². The molecule has 0 bridgehead atoms. The van der Waals surface area contributed by atoms with Crippen LogP contribution in [0.25, 0.3) is 0 Å². The van der Waals surface area contributed by atoms with Gasteiger partial charge in [0, 0.05) is 44.7 Å². The van der Waals surface area contributed by atoms with Gasteiger partial charge in [0.25, 0.3) is 0 Å². The fourth-order valence-corrected chi connectivity index (χ4v) is 2.55. The number of nitrogens with zero attached hydrogens (tertiary/aromatic N) is 3. The van der Waals surface area contributed by atoms with E-state index in [0.717, 1.165) is 12.0 Å². The van der Waals surface area contributed by atoms with Crippen LogP contribution in [0.1, 0.15) is 12.5 Å². The highest BCUT2D eigenvalue weighted by molar-refractivity contribution is 6.30. The Bertz CT molecular complexity index is 568. The maximum Gasteiger partial charge on any atom is 0.242 e. The summed E-state index contributed by atoms with van der Waals surface area (Å²) in [4.78, 5) is 39.7. The highest BCUT2D eigenvalue weighted by Crippen LogP contribution is 2.12. The second kappa shape index (κ2) is 7.97. The zero-order valence-corrected chi connectivity index (χ0v) is 13.8. The molecule has 1 fully saturated rings. The molecule has 7 heteroatoms. The van der Waals surface area contributed by atoms with Crippen LogP contribution >= 0.6 is 11.6 Å². The highest BCUT2D eigenvalue weighted by atomic mass is 35.5. The van der Waals surface area contributed by atoms with Crippen molar-refractivity contribution < 1.29 is 14.4 Å². The lowest BCUT2D eigenvalue weighted by molar-refractivity contribution is -0.141. The third-order valence-corrected chi connectivity index (χ3v) is 4.13. The van der Waals surface area contributed by atoms with Crippen LogP contribution in [0.4, 0.5) is 0 Å². The highest BCUT2D eigenvalue weighted by Gasteiger charge is 2.23. The minimum Gasteiger partial charge on any atom is -0.342 e. The van der Waals surface area contributed by atoms with Crippen LogP contribution in [0.2, 0.25) is 5.02 Å². The van der Waals surface area contributed by atoms with Crippen molar-refractivity contribution >= 4 is 29.8 Å². The number of carbonyl (C=O) groups excluding carboxylic acids is 3. The van der Waals surface area contributed by atoms with Gasteiger partial charge >= 0.3 is 0 Å². The van der Waals surface area contributed by atoms with E-state index in [2.05, 4.69) is 0 Å². The van der Waals surface area contributed by atoms with Crippen molar-refractivity contribution in [2.45, 2.75) is 13.5 Å². The number of hydrogen-bond acceptors (Lipinski definition) is 3. The molecule has 1 saturated heterocycles. The number of rotatable bonds is 5. The van der Waals surface area contributed by atoms with Crippen LogP contribution in [-0.4, -0.2) is 65.6 Å². The number of hydrogen-bond donors (Lipinski definition) is 0. The molecule has 1 aliphatic heterocycles. The first-order valence-corrected chi connectivity index (χ1v) is 7.84. The number of benzene rings is 1. The molecule has 1 heterocycles. The van der Waals surface area contributed by atoms with E-state index in [1.165, 1.54) is 11.8 Å². The molecule has 0 aliphatic carbocycles. The minimum absolute atomic E-state index is 0.0407. The summed E-state index contributed by atoms with van der Waals surface area (Å²) < 4.78 is 0. The Balaban J connectivity index is 1.93. The predicted octanol–water partition coefficient (Wildman–Crippen LogP) is 0.989.